The van der Waals surface area contributed by atoms with E-state index in [1.807, 2.05) is 0 Å². The lowest BCUT2D eigenvalue weighted by Crippen LogP contribution is -2.30. The Balaban J connectivity index is 1.49. The number of rotatable bonds is 9. The summed E-state index contributed by atoms with van der Waals surface area (Å²) in [5, 5.41) is 5.09. The Hall–Kier alpha value is -4.36. The van der Waals surface area contributed by atoms with Gasteiger partial charge < -0.3 is 29.3 Å². The molecule has 208 valence electrons. The number of anilines is 1. The molecule has 1 aromatic heterocycles. The van der Waals surface area contributed by atoms with Gasteiger partial charge >= 0.3 is 12.0 Å². The minimum Gasteiger partial charge on any atom is -0.493 e. The summed E-state index contributed by atoms with van der Waals surface area (Å²) >= 11 is 9.83. The smallest absolute Gasteiger partial charge is 0.373 e. The van der Waals surface area contributed by atoms with Crippen LogP contribution in [-0.2, 0) is 20.9 Å². The molecule has 1 aliphatic heterocycles. The van der Waals surface area contributed by atoms with Gasteiger partial charge in [0.1, 0.15) is 22.3 Å². The molecule has 0 radical (unpaired) electrons. The number of urea groups is 1. The summed E-state index contributed by atoms with van der Waals surface area (Å²) in [6.07, 6.45) is 1.38. The third kappa shape index (κ3) is 6.26. The number of esters is 1. The van der Waals surface area contributed by atoms with Crippen LogP contribution < -0.4 is 20.1 Å². The highest BCUT2D eigenvalue weighted by Gasteiger charge is 2.35. The van der Waals surface area contributed by atoms with E-state index in [0.29, 0.717) is 15.7 Å². The highest BCUT2D eigenvalue weighted by molar-refractivity contribution is 9.10. The molecule has 0 saturated carbocycles. The molecule has 2 heterocycles. The maximum Gasteiger partial charge on any atom is 0.373 e. The van der Waals surface area contributed by atoms with Crippen molar-refractivity contribution < 1.29 is 42.2 Å². The minimum absolute atomic E-state index is 0.0420. The van der Waals surface area contributed by atoms with Gasteiger partial charge in [-0.1, -0.05) is 11.6 Å². The normalized spacial score (nSPS) is 13.8. The molecule has 40 heavy (non-hydrogen) atoms. The van der Waals surface area contributed by atoms with E-state index in [-0.39, 0.29) is 40.3 Å². The number of hydrogen-bond acceptors (Lipinski definition) is 8. The van der Waals surface area contributed by atoms with Crippen LogP contribution in [0.4, 0.5) is 14.9 Å². The minimum atomic E-state index is -0.700. The number of benzene rings is 2. The first-order chi connectivity index (χ1) is 19.1. The van der Waals surface area contributed by atoms with Crippen LogP contribution in [0, 0.1) is 5.82 Å². The average Bonchev–Trinajstić information content (AvgIpc) is 3.51. The Labute approximate surface area is 239 Å². The summed E-state index contributed by atoms with van der Waals surface area (Å²) in [5.41, 5.74) is 0.682. The second kappa shape index (κ2) is 12.2. The summed E-state index contributed by atoms with van der Waals surface area (Å²) in [7, 11) is 2.56. The van der Waals surface area contributed by atoms with Crippen LogP contribution in [0.5, 0.6) is 11.5 Å². The summed E-state index contributed by atoms with van der Waals surface area (Å²) in [4.78, 5) is 50.2. The lowest BCUT2D eigenvalue weighted by atomic mass is 10.1. The van der Waals surface area contributed by atoms with Crippen molar-refractivity contribution in [2.45, 2.75) is 6.54 Å². The number of hydrogen-bond donors (Lipinski definition) is 2. The fourth-order valence-corrected chi connectivity index (χ4v) is 4.23. The molecule has 1 fully saturated rings. The van der Waals surface area contributed by atoms with Crippen molar-refractivity contribution in [3.63, 3.8) is 0 Å². The molecule has 0 aliphatic carbocycles. The number of ether oxygens (including phenoxy) is 3. The lowest BCUT2D eigenvalue weighted by Gasteiger charge is -2.15. The first-order valence-corrected chi connectivity index (χ1v) is 12.5. The van der Waals surface area contributed by atoms with Gasteiger partial charge in [0.25, 0.3) is 11.8 Å². The van der Waals surface area contributed by atoms with Crippen molar-refractivity contribution in [2.75, 3.05) is 26.1 Å². The largest absolute Gasteiger partial charge is 0.493 e. The number of nitrogens with one attached hydrogen (secondary N) is 2. The third-order valence-electron chi connectivity index (χ3n) is 5.48. The van der Waals surface area contributed by atoms with Gasteiger partial charge in [0.2, 0.25) is 5.76 Å². The maximum absolute atomic E-state index is 13.1. The molecule has 2 aromatic carbocycles. The Morgan fingerprint density at radius 1 is 1.18 bits per heavy atom. The van der Waals surface area contributed by atoms with E-state index in [2.05, 4.69) is 31.3 Å². The van der Waals surface area contributed by atoms with Crippen LogP contribution in [0.25, 0.3) is 6.08 Å². The topological polar surface area (TPSA) is 136 Å². The highest BCUT2D eigenvalue weighted by atomic mass is 79.9. The van der Waals surface area contributed by atoms with E-state index >= 15 is 0 Å². The van der Waals surface area contributed by atoms with Crippen molar-refractivity contribution in [3.8, 4) is 11.5 Å². The average molecular weight is 637 g/mol. The Morgan fingerprint density at radius 2 is 1.90 bits per heavy atom. The van der Waals surface area contributed by atoms with Crippen LogP contribution in [0.2, 0.25) is 5.02 Å². The Bertz CT molecular complexity index is 1520. The number of nitrogens with zero attached hydrogens (tertiary/aromatic N) is 1. The number of carbonyl (C=O) groups is 4. The molecule has 2 N–H and O–H groups in total. The lowest BCUT2D eigenvalue weighted by molar-refractivity contribution is -0.123. The van der Waals surface area contributed by atoms with Crippen LogP contribution in [-0.4, -0.2) is 49.5 Å². The fourth-order valence-electron chi connectivity index (χ4n) is 3.56. The molecule has 0 unspecified atom stereocenters. The quantitative estimate of drug-likeness (QED) is 0.195. The number of methoxy groups -OCH3 is 2. The maximum atomic E-state index is 13.1. The molecular weight excluding hydrogens is 617 g/mol. The summed E-state index contributed by atoms with van der Waals surface area (Å²) in [6.45, 7) is -0.661. The zero-order valence-electron chi connectivity index (χ0n) is 20.9. The fraction of sp³-hybridized carbons (Fsp3) is 0.154. The molecule has 1 aliphatic rings. The SMILES string of the molecule is COC(=O)c1ccc(CN2C(=O)N/C(=C\c3cc(OC)c(OCC(=O)Nc4ccc(F)cc4)c(Cl)c3Br)C2=O)o1. The molecule has 3 aromatic rings. The van der Waals surface area contributed by atoms with Crippen LogP contribution in [0.3, 0.4) is 0 Å². The van der Waals surface area contributed by atoms with Crippen LogP contribution in [0.1, 0.15) is 21.9 Å². The summed E-state index contributed by atoms with van der Waals surface area (Å²) in [5.74, 6) is -1.99. The molecule has 1 saturated heterocycles. The van der Waals surface area contributed by atoms with Gasteiger partial charge in [-0.3, -0.25) is 14.5 Å². The first kappa shape index (κ1) is 28.6. The van der Waals surface area contributed by atoms with Gasteiger partial charge in [0.15, 0.2) is 18.1 Å². The Kier molecular flexibility index (Phi) is 8.75. The molecule has 0 atom stereocenters. The van der Waals surface area contributed by atoms with Crippen LogP contribution in [0.15, 0.2) is 57.1 Å². The molecule has 0 spiro atoms. The van der Waals surface area contributed by atoms with E-state index in [1.165, 1.54) is 62.8 Å². The van der Waals surface area contributed by atoms with Gasteiger partial charge in [-0.05, 0) is 70.0 Å². The zero-order chi connectivity index (χ0) is 29.0. The number of furan rings is 1. The predicted molar refractivity (Wildman–Crippen MR) is 143 cm³/mol. The van der Waals surface area contributed by atoms with E-state index in [4.69, 9.17) is 25.5 Å². The van der Waals surface area contributed by atoms with E-state index < -0.39 is 36.2 Å². The predicted octanol–water partition coefficient (Wildman–Crippen LogP) is 4.74. The number of halogens is 3. The molecular formula is C26H20BrClFN3O8. The summed E-state index contributed by atoms with van der Waals surface area (Å²) in [6, 6.07) is 8.83. The van der Waals surface area contributed by atoms with Crippen molar-refractivity contribution in [1.82, 2.24) is 10.2 Å². The number of amides is 4. The zero-order valence-corrected chi connectivity index (χ0v) is 23.2. The van der Waals surface area contributed by atoms with Crippen molar-refractivity contribution in [3.05, 3.63) is 80.6 Å². The van der Waals surface area contributed by atoms with Crippen molar-refractivity contribution >= 4 is 63.1 Å². The highest BCUT2D eigenvalue weighted by Crippen LogP contribution is 2.43. The van der Waals surface area contributed by atoms with Crippen molar-refractivity contribution in [2.24, 2.45) is 0 Å². The molecule has 4 amide bonds. The van der Waals surface area contributed by atoms with E-state index in [1.54, 1.807) is 0 Å². The molecule has 0 bridgehead atoms. The van der Waals surface area contributed by atoms with E-state index in [0.717, 1.165) is 4.90 Å². The molecule has 14 heteroatoms. The van der Waals surface area contributed by atoms with Crippen LogP contribution >= 0.6 is 27.5 Å². The second-order valence-electron chi connectivity index (χ2n) is 8.11. The molecule has 4 rings (SSSR count). The van der Waals surface area contributed by atoms with Gasteiger partial charge in [0.05, 0.1) is 20.8 Å². The number of imide groups is 1. The number of carbonyl (C=O) groups excluding carboxylic acids is 4. The Morgan fingerprint density at radius 3 is 2.58 bits per heavy atom. The monoisotopic (exact) mass is 635 g/mol. The first-order valence-electron chi connectivity index (χ1n) is 11.4. The summed E-state index contributed by atoms with van der Waals surface area (Å²) < 4.78 is 34.2. The second-order valence-corrected chi connectivity index (χ2v) is 9.28. The van der Waals surface area contributed by atoms with E-state index in [9.17, 15) is 23.6 Å². The van der Waals surface area contributed by atoms with Gasteiger partial charge in [-0.2, -0.15) is 0 Å². The van der Waals surface area contributed by atoms with Gasteiger partial charge in [0, 0.05) is 10.2 Å². The standard InChI is InChI=1S/C26H20BrClFN3O8/c1-37-19-10-13(21(27)22(28)23(19)39-12-20(33)30-15-5-3-14(29)4-6-15)9-17-24(34)32(26(36)31-17)11-16-7-8-18(40-16)25(35)38-2/h3-10H,11-12H2,1-2H3,(H,30,33)(H,31,36)/b17-9-. The third-order valence-corrected chi connectivity index (χ3v) is 6.92. The molecule has 11 nitrogen and oxygen atoms in total. The van der Waals surface area contributed by atoms with Gasteiger partial charge in [-0.15, -0.1) is 0 Å². The van der Waals surface area contributed by atoms with Gasteiger partial charge in [-0.25, -0.2) is 14.0 Å². The van der Waals surface area contributed by atoms with Crippen molar-refractivity contribution in [1.29, 1.82) is 0 Å².